The molecule has 0 saturated heterocycles. The molecule has 0 aliphatic carbocycles. The van der Waals surface area contributed by atoms with Crippen LogP contribution in [0.3, 0.4) is 0 Å². The molecule has 0 aliphatic rings. The molecule has 7 heteroatoms. The third-order valence-electron chi connectivity index (χ3n) is 3.37. The van der Waals surface area contributed by atoms with E-state index in [-0.39, 0.29) is 25.7 Å². The standard InChI is InChI=1S/C14H29O6P/c1-6-11(7-2)13(12(15)14(16)18-8-3)21(17,19-9-4)20-10-5/h11-13,15H,6-10H2,1-5H3. The molecule has 0 radical (unpaired) electrons. The van der Waals surface area contributed by atoms with Gasteiger partial charge in [0.15, 0.2) is 6.10 Å². The van der Waals surface area contributed by atoms with Gasteiger partial charge in [0.2, 0.25) is 0 Å². The lowest BCUT2D eigenvalue weighted by atomic mass is 9.95. The Morgan fingerprint density at radius 2 is 1.48 bits per heavy atom. The second kappa shape index (κ2) is 10.3. The Hall–Kier alpha value is -0.420. The molecule has 0 aliphatic heterocycles. The van der Waals surface area contributed by atoms with E-state index in [0.29, 0.717) is 12.8 Å². The van der Waals surface area contributed by atoms with Crippen LogP contribution in [0.15, 0.2) is 0 Å². The smallest absolute Gasteiger partial charge is 0.337 e. The molecule has 0 heterocycles. The summed E-state index contributed by atoms with van der Waals surface area (Å²) in [4.78, 5) is 11.9. The molecule has 1 N–H and O–H groups in total. The summed E-state index contributed by atoms with van der Waals surface area (Å²) >= 11 is 0. The summed E-state index contributed by atoms with van der Waals surface area (Å²) in [5, 5.41) is 10.3. The van der Waals surface area contributed by atoms with Crippen LogP contribution in [-0.2, 0) is 23.1 Å². The van der Waals surface area contributed by atoms with Crippen LogP contribution in [0.1, 0.15) is 47.5 Å². The van der Waals surface area contributed by atoms with Crippen molar-refractivity contribution >= 4 is 13.6 Å². The monoisotopic (exact) mass is 324 g/mol. The van der Waals surface area contributed by atoms with E-state index in [4.69, 9.17) is 13.8 Å². The first-order valence-electron chi connectivity index (χ1n) is 7.65. The molecule has 0 aromatic heterocycles. The van der Waals surface area contributed by atoms with Crippen LogP contribution in [0.2, 0.25) is 0 Å². The first kappa shape index (κ1) is 20.6. The summed E-state index contributed by atoms with van der Waals surface area (Å²) in [7, 11) is -3.60. The third kappa shape index (κ3) is 5.70. The van der Waals surface area contributed by atoms with E-state index in [1.807, 2.05) is 13.8 Å². The summed E-state index contributed by atoms with van der Waals surface area (Å²) in [5.74, 6) is -0.942. The SMILES string of the molecule is CCOC(=O)C(O)C(C(CC)CC)P(=O)(OCC)OCC. The Labute approximate surface area is 127 Å². The largest absolute Gasteiger partial charge is 0.464 e. The lowest BCUT2D eigenvalue weighted by Crippen LogP contribution is -2.41. The highest BCUT2D eigenvalue weighted by Crippen LogP contribution is 2.57. The molecule has 0 amide bonds. The minimum atomic E-state index is -3.60. The number of aliphatic hydroxyl groups is 1. The third-order valence-corrected chi connectivity index (χ3v) is 6.04. The van der Waals surface area contributed by atoms with Crippen molar-refractivity contribution in [3.05, 3.63) is 0 Å². The number of carbonyl (C=O) groups is 1. The second-order valence-corrected chi connectivity index (χ2v) is 6.83. The van der Waals surface area contributed by atoms with E-state index < -0.39 is 25.3 Å². The van der Waals surface area contributed by atoms with Gasteiger partial charge in [0, 0.05) is 0 Å². The lowest BCUT2D eigenvalue weighted by Gasteiger charge is -2.33. The molecular weight excluding hydrogens is 295 g/mol. The number of ether oxygens (including phenoxy) is 1. The van der Waals surface area contributed by atoms with Gasteiger partial charge in [-0.15, -0.1) is 0 Å². The molecule has 0 aromatic carbocycles. The Bertz CT molecular complexity index is 332. The van der Waals surface area contributed by atoms with Crippen molar-refractivity contribution in [2.24, 2.45) is 5.92 Å². The van der Waals surface area contributed by atoms with Crippen LogP contribution in [0.25, 0.3) is 0 Å². The summed E-state index contributed by atoms with van der Waals surface area (Å²) < 4.78 is 28.5. The fourth-order valence-corrected chi connectivity index (χ4v) is 4.94. The van der Waals surface area contributed by atoms with Gasteiger partial charge in [0.25, 0.3) is 0 Å². The summed E-state index contributed by atoms with van der Waals surface area (Å²) in [6.07, 6.45) is -0.206. The number of rotatable bonds is 11. The summed E-state index contributed by atoms with van der Waals surface area (Å²) in [5.41, 5.74) is -0.911. The Morgan fingerprint density at radius 3 is 1.81 bits per heavy atom. The normalized spacial score (nSPS) is 15.0. The minimum Gasteiger partial charge on any atom is -0.464 e. The molecule has 0 saturated carbocycles. The van der Waals surface area contributed by atoms with Crippen LogP contribution in [0.5, 0.6) is 0 Å². The van der Waals surface area contributed by atoms with Crippen LogP contribution >= 0.6 is 7.60 Å². The molecule has 2 unspecified atom stereocenters. The van der Waals surface area contributed by atoms with Crippen molar-refractivity contribution in [2.75, 3.05) is 19.8 Å². The molecule has 21 heavy (non-hydrogen) atoms. The van der Waals surface area contributed by atoms with Gasteiger partial charge in [0.1, 0.15) is 5.66 Å². The molecule has 6 nitrogen and oxygen atoms in total. The average molecular weight is 324 g/mol. The van der Waals surface area contributed by atoms with E-state index >= 15 is 0 Å². The topological polar surface area (TPSA) is 82.1 Å². The van der Waals surface area contributed by atoms with Crippen molar-refractivity contribution in [3.8, 4) is 0 Å². The lowest BCUT2D eigenvalue weighted by molar-refractivity contribution is -0.154. The quantitative estimate of drug-likeness (QED) is 0.465. The van der Waals surface area contributed by atoms with Gasteiger partial charge < -0.3 is 18.9 Å². The zero-order valence-corrected chi connectivity index (χ0v) is 14.6. The molecule has 0 fully saturated rings. The highest BCUT2D eigenvalue weighted by molar-refractivity contribution is 7.54. The van der Waals surface area contributed by atoms with E-state index in [1.165, 1.54) is 0 Å². The predicted molar refractivity (Wildman–Crippen MR) is 81.4 cm³/mol. The van der Waals surface area contributed by atoms with Crippen molar-refractivity contribution < 1.29 is 28.3 Å². The van der Waals surface area contributed by atoms with Crippen LogP contribution in [0, 0.1) is 5.92 Å². The van der Waals surface area contributed by atoms with Gasteiger partial charge in [0.05, 0.1) is 19.8 Å². The van der Waals surface area contributed by atoms with Crippen LogP contribution in [-0.4, -0.2) is 42.7 Å². The van der Waals surface area contributed by atoms with Crippen molar-refractivity contribution in [3.63, 3.8) is 0 Å². The molecule has 126 valence electrons. The fourth-order valence-electron chi connectivity index (χ4n) is 2.40. The maximum absolute atomic E-state index is 13.0. The van der Waals surface area contributed by atoms with Gasteiger partial charge in [-0.3, -0.25) is 4.57 Å². The number of carbonyl (C=O) groups excluding carboxylic acids is 1. The van der Waals surface area contributed by atoms with Crippen LogP contribution < -0.4 is 0 Å². The van der Waals surface area contributed by atoms with Gasteiger partial charge in [-0.25, -0.2) is 4.79 Å². The molecule has 0 aromatic rings. The van der Waals surface area contributed by atoms with Gasteiger partial charge in [-0.2, -0.15) is 0 Å². The fraction of sp³-hybridized carbons (Fsp3) is 0.929. The maximum Gasteiger partial charge on any atom is 0.337 e. The van der Waals surface area contributed by atoms with Crippen molar-refractivity contribution in [1.29, 1.82) is 0 Å². The van der Waals surface area contributed by atoms with Gasteiger partial charge in [-0.05, 0) is 26.7 Å². The number of hydrogen-bond acceptors (Lipinski definition) is 6. The summed E-state index contributed by atoms with van der Waals surface area (Å²) in [6.45, 7) is 9.41. The first-order chi connectivity index (χ1) is 9.91. The van der Waals surface area contributed by atoms with E-state index in [9.17, 15) is 14.5 Å². The van der Waals surface area contributed by atoms with Crippen LogP contribution in [0.4, 0.5) is 0 Å². The molecule has 0 bridgehead atoms. The molecular formula is C14H29O6P. The molecule has 0 spiro atoms. The molecule has 0 rings (SSSR count). The Balaban J connectivity index is 5.56. The highest BCUT2D eigenvalue weighted by Gasteiger charge is 2.47. The van der Waals surface area contributed by atoms with Crippen molar-refractivity contribution in [2.45, 2.75) is 59.2 Å². The predicted octanol–water partition coefficient (Wildman–Crippen LogP) is 2.98. The van der Waals surface area contributed by atoms with Gasteiger partial charge >= 0.3 is 13.6 Å². The number of aliphatic hydroxyl groups excluding tert-OH is 1. The Morgan fingerprint density at radius 1 is 1.00 bits per heavy atom. The highest BCUT2D eigenvalue weighted by atomic mass is 31.2. The number of esters is 1. The minimum absolute atomic E-state index is 0.152. The zero-order chi connectivity index (χ0) is 16.5. The summed E-state index contributed by atoms with van der Waals surface area (Å²) in [6, 6.07) is 0. The Kier molecular flexibility index (Phi) is 10.1. The van der Waals surface area contributed by atoms with E-state index in [0.717, 1.165) is 0 Å². The number of hydrogen-bond donors (Lipinski definition) is 1. The van der Waals surface area contributed by atoms with E-state index in [1.54, 1.807) is 20.8 Å². The zero-order valence-electron chi connectivity index (χ0n) is 13.7. The maximum atomic E-state index is 13.0. The first-order valence-corrected chi connectivity index (χ1v) is 9.26. The van der Waals surface area contributed by atoms with Gasteiger partial charge in [-0.1, -0.05) is 26.7 Å². The molecule has 2 atom stereocenters. The second-order valence-electron chi connectivity index (χ2n) is 4.64. The van der Waals surface area contributed by atoms with E-state index in [2.05, 4.69) is 0 Å². The van der Waals surface area contributed by atoms with Crippen molar-refractivity contribution in [1.82, 2.24) is 0 Å². The average Bonchev–Trinajstić information content (AvgIpc) is 2.44.